The molecule has 0 aliphatic carbocycles. The molecule has 1 heteroatoms. The molecular weight excluding hydrogens is 160 g/mol. The van der Waals surface area contributed by atoms with E-state index >= 15 is 0 Å². The number of carbonyl (C=O) groups is 1. The summed E-state index contributed by atoms with van der Waals surface area (Å²) in [7, 11) is 0. The van der Waals surface area contributed by atoms with Crippen LogP contribution in [0.3, 0.4) is 0 Å². The van der Waals surface area contributed by atoms with Gasteiger partial charge in [0, 0.05) is 11.0 Å². The molecule has 1 nitrogen and oxygen atoms in total. The molecule has 0 aliphatic heterocycles. The van der Waals surface area contributed by atoms with Crippen molar-refractivity contribution in [2.75, 3.05) is 0 Å². The van der Waals surface area contributed by atoms with Gasteiger partial charge in [-0.05, 0) is 24.6 Å². The maximum Gasteiger partial charge on any atom is 0.168 e. The van der Waals surface area contributed by atoms with Gasteiger partial charge in [-0.25, -0.2) is 0 Å². The lowest BCUT2D eigenvalue weighted by molar-refractivity contribution is 0.0858. The van der Waals surface area contributed by atoms with Gasteiger partial charge in [0.2, 0.25) is 0 Å². The van der Waals surface area contributed by atoms with Crippen molar-refractivity contribution in [1.29, 1.82) is 0 Å². The Kier molecular flexibility index (Phi) is 2.55. The Balaban J connectivity index is 2.97. The molecule has 0 aromatic heterocycles. The largest absolute Gasteiger partial charge is 0.294 e. The van der Waals surface area contributed by atoms with E-state index in [4.69, 9.17) is 0 Å². The summed E-state index contributed by atoms with van der Waals surface area (Å²) >= 11 is 0. The van der Waals surface area contributed by atoms with Crippen LogP contribution in [-0.2, 0) is 0 Å². The van der Waals surface area contributed by atoms with Gasteiger partial charge in [-0.2, -0.15) is 0 Å². The lowest BCUT2D eigenvalue weighted by Crippen LogP contribution is -2.19. The molecule has 1 aromatic carbocycles. The first-order valence-corrected chi connectivity index (χ1v) is 4.44. The third-order valence-electron chi connectivity index (χ3n) is 1.91. The number of Topliss-reactive ketones (excluding diaryl/α,β-unsaturated/α-hetero) is 1. The van der Waals surface area contributed by atoms with Crippen LogP contribution in [0.4, 0.5) is 0 Å². The molecule has 1 radical (unpaired) electrons. The van der Waals surface area contributed by atoms with Crippen LogP contribution in [0.25, 0.3) is 0 Å². The fraction of sp³-hybridized carbons (Fsp3) is 0.417. The summed E-state index contributed by atoms with van der Waals surface area (Å²) < 4.78 is 0. The topological polar surface area (TPSA) is 17.1 Å². The SMILES string of the molecule is Cc1[c]cc(C(=O)C(C)(C)C)cc1. The number of hydrogen-bond donors (Lipinski definition) is 0. The molecule has 1 rings (SSSR count). The lowest BCUT2D eigenvalue weighted by atomic mass is 9.86. The fourth-order valence-corrected chi connectivity index (χ4v) is 1.08. The molecule has 0 heterocycles. The van der Waals surface area contributed by atoms with Crippen LogP contribution in [0.15, 0.2) is 18.2 Å². The fourth-order valence-electron chi connectivity index (χ4n) is 1.08. The van der Waals surface area contributed by atoms with Crippen molar-refractivity contribution in [2.45, 2.75) is 27.7 Å². The third-order valence-corrected chi connectivity index (χ3v) is 1.91. The Morgan fingerprint density at radius 3 is 2.31 bits per heavy atom. The Morgan fingerprint density at radius 1 is 1.31 bits per heavy atom. The summed E-state index contributed by atoms with van der Waals surface area (Å²) in [5.41, 5.74) is 1.51. The average Bonchev–Trinajstić information content (AvgIpc) is 2.03. The van der Waals surface area contributed by atoms with Gasteiger partial charge in [-0.15, -0.1) is 0 Å². The van der Waals surface area contributed by atoms with E-state index in [1.54, 1.807) is 6.07 Å². The first-order valence-electron chi connectivity index (χ1n) is 4.44. The lowest BCUT2D eigenvalue weighted by Gasteiger charge is -2.16. The Morgan fingerprint density at radius 2 is 1.92 bits per heavy atom. The van der Waals surface area contributed by atoms with Crippen LogP contribution in [-0.4, -0.2) is 5.78 Å². The normalized spacial score (nSPS) is 11.4. The second kappa shape index (κ2) is 3.33. The minimum absolute atomic E-state index is 0.170. The average molecular weight is 175 g/mol. The van der Waals surface area contributed by atoms with Gasteiger partial charge in [0.25, 0.3) is 0 Å². The van der Waals surface area contributed by atoms with Crippen LogP contribution in [0.5, 0.6) is 0 Å². The molecule has 0 amide bonds. The zero-order chi connectivity index (χ0) is 10.1. The summed E-state index contributed by atoms with van der Waals surface area (Å²) in [4.78, 5) is 11.8. The Hall–Kier alpha value is -1.11. The molecule has 0 N–H and O–H groups in total. The monoisotopic (exact) mass is 175 g/mol. The summed E-state index contributed by atoms with van der Waals surface area (Å²) in [6.07, 6.45) is 0. The second-order valence-corrected chi connectivity index (χ2v) is 4.34. The third kappa shape index (κ3) is 2.41. The predicted octanol–water partition coefficient (Wildman–Crippen LogP) is 3.02. The molecule has 0 spiro atoms. The molecule has 0 saturated heterocycles. The Labute approximate surface area is 79.8 Å². The Bertz CT molecular complexity index is 301. The number of benzene rings is 1. The molecule has 0 atom stereocenters. The molecule has 0 saturated carbocycles. The smallest absolute Gasteiger partial charge is 0.168 e. The van der Waals surface area contributed by atoms with Crippen molar-refractivity contribution in [3.8, 4) is 0 Å². The van der Waals surface area contributed by atoms with E-state index in [1.807, 2.05) is 39.8 Å². The summed E-state index contributed by atoms with van der Waals surface area (Å²) in [6, 6.07) is 8.57. The predicted molar refractivity (Wildman–Crippen MR) is 53.8 cm³/mol. The first kappa shape index (κ1) is 9.97. The highest BCUT2D eigenvalue weighted by atomic mass is 16.1. The van der Waals surface area contributed by atoms with E-state index in [1.165, 1.54) is 0 Å². The van der Waals surface area contributed by atoms with Crippen LogP contribution >= 0.6 is 0 Å². The summed E-state index contributed by atoms with van der Waals surface area (Å²) in [6.45, 7) is 7.74. The van der Waals surface area contributed by atoms with Crippen molar-refractivity contribution in [3.63, 3.8) is 0 Å². The zero-order valence-corrected chi connectivity index (χ0v) is 8.64. The highest BCUT2D eigenvalue weighted by molar-refractivity contribution is 5.99. The maximum atomic E-state index is 11.8. The van der Waals surface area contributed by atoms with Crippen LogP contribution < -0.4 is 0 Å². The van der Waals surface area contributed by atoms with Crippen molar-refractivity contribution >= 4 is 5.78 Å². The van der Waals surface area contributed by atoms with Gasteiger partial charge >= 0.3 is 0 Å². The zero-order valence-electron chi connectivity index (χ0n) is 8.64. The maximum absolute atomic E-state index is 11.8. The van der Waals surface area contributed by atoms with Crippen LogP contribution in [0, 0.1) is 18.4 Å². The van der Waals surface area contributed by atoms with E-state index in [9.17, 15) is 4.79 Å². The van der Waals surface area contributed by atoms with Gasteiger partial charge in [0.1, 0.15) is 0 Å². The highest BCUT2D eigenvalue weighted by Gasteiger charge is 2.22. The van der Waals surface area contributed by atoms with E-state index in [-0.39, 0.29) is 11.2 Å². The van der Waals surface area contributed by atoms with Crippen molar-refractivity contribution in [3.05, 3.63) is 35.4 Å². The number of ketones is 1. The van der Waals surface area contributed by atoms with Crippen LogP contribution in [0.2, 0.25) is 0 Å². The number of carbonyl (C=O) groups excluding carboxylic acids is 1. The molecular formula is C12H15O. The van der Waals surface area contributed by atoms with Gasteiger partial charge in [0.15, 0.2) is 5.78 Å². The highest BCUT2D eigenvalue weighted by Crippen LogP contribution is 2.20. The van der Waals surface area contributed by atoms with Crippen molar-refractivity contribution in [2.24, 2.45) is 5.41 Å². The van der Waals surface area contributed by atoms with Gasteiger partial charge < -0.3 is 0 Å². The summed E-state index contributed by atoms with van der Waals surface area (Å²) in [5.74, 6) is 0.170. The van der Waals surface area contributed by atoms with Crippen molar-refractivity contribution < 1.29 is 4.79 Å². The van der Waals surface area contributed by atoms with E-state index in [0.717, 1.165) is 11.1 Å². The molecule has 1 aromatic rings. The minimum atomic E-state index is -0.302. The van der Waals surface area contributed by atoms with E-state index in [0.29, 0.717) is 0 Å². The quantitative estimate of drug-likeness (QED) is 0.599. The van der Waals surface area contributed by atoms with Gasteiger partial charge in [-0.1, -0.05) is 32.9 Å². The van der Waals surface area contributed by atoms with Crippen molar-refractivity contribution in [1.82, 2.24) is 0 Å². The molecule has 0 aliphatic rings. The van der Waals surface area contributed by atoms with E-state index < -0.39 is 0 Å². The molecule has 0 fully saturated rings. The molecule has 0 unspecified atom stereocenters. The van der Waals surface area contributed by atoms with E-state index in [2.05, 4.69) is 6.07 Å². The number of aryl methyl sites for hydroxylation is 1. The standard InChI is InChI=1S/C12H15O/c1-9-5-7-10(8-6-9)11(13)12(2,3)4/h5,7-8H,1-4H3. The summed E-state index contributed by atoms with van der Waals surface area (Å²) in [5, 5.41) is 0. The first-order chi connectivity index (χ1) is 5.91. The number of rotatable bonds is 1. The molecule has 69 valence electrons. The van der Waals surface area contributed by atoms with Gasteiger partial charge in [0.05, 0.1) is 0 Å². The number of hydrogen-bond acceptors (Lipinski definition) is 1. The minimum Gasteiger partial charge on any atom is -0.294 e. The second-order valence-electron chi connectivity index (χ2n) is 4.34. The molecule has 13 heavy (non-hydrogen) atoms. The van der Waals surface area contributed by atoms with Crippen LogP contribution in [0.1, 0.15) is 36.7 Å². The molecule has 0 bridgehead atoms. The van der Waals surface area contributed by atoms with Gasteiger partial charge in [-0.3, -0.25) is 4.79 Å².